The van der Waals surface area contributed by atoms with Crippen molar-refractivity contribution in [2.24, 2.45) is 13.0 Å². The average molecular weight is 392 g/mol. The number of nitrogens with one attached hydrogen (secondary N) is 1. The van der Waals surface area contributed by atoms with Gasteiger partial charge in [-0.3, -0.25) is 0 Å². The molecule has 0 aliphatic rings. The summed E-state index contributed by atoms with van der Waals surface area (Å²) in [6.45, 7) is 6.06. The van der Waals surface area contributed by atoms with Crippen molar-refractivity contribution in [3.63, 3.8) is 0 Å². The third-order valence-electron chi connectivity index (χ3n) is 3.96. The van der Waals surface area contributed by atoms with Gasteiger partial charge in [-0.1, -0.05) is 37.7 Å². The molecule has 2 aromatic heterocycles. The smallest absolute Gasteiger partial charge is 0.187 e. The number of fused-ring (bicyclic) bond motifs is 1. The average Bonchev–Trinajstić information content (AvgIpc) is 2.94. The minimum atomic E-state index is 0. The van der Waals surface area contributed by atoms with Gasteiger partial charge in [0.2, 0.25) is 0 Å². The van der Waals surface area contributed by atoms with Crippen molar-refractivity contribution in [3.05, 3.63) is 48.0 Å². The Labute approximate surface area is 165 Å². The second-order valence-corrected chi connectivity index (χ2v) is 7.57. The number of imidazole rings is 1. The van der Waals surface area contributed by atoms with Crippen molar-refractivity contribution in [2.45, 2.75) is 32.0 Å². The molecule has 0 bridgehead atoms. The maximum absolute atomic E-state index is 4.70. The first kappa shape index (κ1) is 20.7. The third-order valence-corrected chi connectivity index (χ3v) is 5.26. The van der Waals surface area contributed by atoms with E-state index in [9.17, 15) is 0 Å². The van der Waals surface area contributed by atoms with Gasteiger partial charge in [0.25, 0.3) is 0 Å². The van der Waals surface area contributed by atoms with Gasteiger partial charge in [0, 0.05) is 50.3 Å². The van der Waals surface area contributed by atoms with Gasteiger partial charge in [-0.25, -0.2) is 15.0 Å². The molecule has 1 N–H and O–H groups in total. The Hall–Kier alpha value is -1.63. The number of thioether (sulfide) groups is 1. The molecule has 0 aliphatic heterocycles. The van der Waals surface area contributed by atoms with Gasteiger partial charge in [0.05, 0.1) is 11.0 Å². The summed E-state index contributed by atoms with van der Waals surface area (Å²) in [7, 11) is 2.08. The normalized spacial score (nSPS) is 11.1. The van der Waals surface area contributed by atoms with Crippen LogP contribution in [0, 0.1) is 5.92 Å². The van der Waals surface area contributed by atoms with Crippen molar-refractivity contribution < 1.29 is 0 Å². The first-order chi connectivity index (χ1) is 12.1. The van der Waals surface area contributed by atoms with Crippen LogP contribution in [0.15, 0.2) is 41.8 Å². The van der Waals surface area contributed by atoms with Crippen LogP contribution in [0.25, 0.3) is 11.0 Å². The van der Waals surface area contributed by atoms with Gasteiger partial charge in [-0.2, -0.15) is 0 Å². The Morgan fingerprint density at radius 2 is 1.88 bits per heavy atom. The van der Waals surface area contributed by atoms with Crippen molar-refractivity contribution in [1.29, 1.82) is 0 Å². The molecule has 140 valence electrons. The van der Waals surface area contributed by atoms with Crippen LogP contribution in [0.5, 0.6) is 0 Å². The zero-order chi connectivity index (χ0) is 17.6. The van der Waals surface area contributed by atoms with E-state index in [-0.39, 0.29) is 12.4 Å². The highest BCUT2D eigenvalue weighted by Gasteiger charge is 2.06. The van der Waals surface area contributed by atoms with E-state index >= 15 is 0 Å². The van der Waals surface area contributed by atoms with Crippen molar-refractivity contribution >= 4 is 35.2 Å². The number of aryl methyl sites for hydroxylation is 1. The van der Waals surface area contributed by atoms with Crippen LogP contribution < -0.4 is 5.32 Å². The first-order valence-corrected chi connectivity index (χ1v) is 9.67. The molecule has 0 spiro atoms. The number of hydrogen-bond donors (Lipinski definition) is 1. The van der Waals surface area contributed by atoms with E-state index in [2.05, 4.69) is 58.9 Å². The molecule has 0 atom stereocenters. The molecule has 5 nitrogen and oxygen atoms in total. The van der Waals surface area contributed by atoms with Gasteiger partial charge in [-0.15, -0.1) is 12.4 Å². The minimum absolute atomic E-state index is 0. The molecule has 0 saturated carbocycles. The molecule has 26 heavy (non-hydrogen) atoms. The summed E-state index contributed by atoms with van der Waals surface area (Å²) in [5, 5.41) is 4.31. The van der Waals surface area contributed by atoms with E-state index in [1.165, 1.54) is 5.52 Å². The number of hydrogen-bond acceptors (Lipinski definition) is 5. The molecular formula is C19H26ClN5S. The van der Waals surface area contributed by atoms with Crippen molar-refractivity contribution in [2.75, 3.05) is 12.3 Å². The summed E-state index contributed by atoms with van der Waals surface area (Å²) in [6, 6.07) is 8.24. The monoisotopic (exact) mass is 391 g/mol. The van der Waals surface area contributed by atoms with E-state index in [1.54, 1.807) is 11.8 Å². The lowest BCUT2D eigenvalue weighted by molar-refractivity contribution is 0.653. The summed E-state index contributed by atoms with van der Waals surface area (Å²) in [5.74, 6) is 2.80. The van der Waals surface area contributed by atoms with E-state index in [0.717, 1.165) is 47.3 Å². The highest BCUT2D eigenvalue weighted by atomic mass is 35.5. The van der Waals surface area contributed by atoms with Crippen molar-refractivity contribution in [3.8, 4) is 0 Å². The van der Waals surface area contributed by atoms with E-state index in [1.807, 2.05) is 18.5 Å². The summed E-state index contributed by atoms with van der Waals surface area (Å²) >= 11 is 1.71. The summed E-state index contributed by atoms with van der Waals surface area (Å²) in [5.41, 5.74) is 3.35. The maximum atomic E-state index is 4.70. The number of rotatable bonds is 8. The fourth-order valence-electron chi connectivity index (χ4n) is 2.60. The highest BCUT2D eigenvalue weighted by molar-refractivity contribution is 7.99. The van der Waals surface area contributed by atoms with Crippen LogP contribution in [-0.2, 0) is 20.0 Å². The Morgan fingerprint density at radius 3 is 2.58 bits per heavy atom. The third kappa shape index (κ3) is 5.43. The molecule has 0 fully saturated rings. The quantitative estimate of drug-likeness (QED) is 0.359. The van der Waals surface area contributed by atoms with E-state index in [4.69, 9.17) is 4.98 Å². The molecule has 3 rings (SSSR count). The molecule has 7 heteroatoms. The van der Waals surface area contributed by atoms with Crippen LogP contribution in [0.4, 0.5) is 0 Å². The molecule has 0 amide bonds. The highest BCUT2D eigenvalue weighted by Crippen LogP contribution is 2.16. The topological polar surface area (TPSA) is 55.6 Å². The van der Waals surface area contributed by atoms with Crippen molar-refractivity contribution in [1.82, 2.24) is 24.8 Å². The lowest BCUT2D eigenvalue weighted by Gasteiger charge is -2.06. The van der Waals surface area contributed by atoms with Gasteiger partial charge in [0.1, 0.15) is 5.82 Å². The molecular weight excluding hydrogens is 366 g/mol. The molecule has 3 aromatic rings. The predicted molar refractivity (Wildman–Crippen MR) is 111 cm³/mol. The minimum Gasteiger partial charge on any atom is -0.331 e. The Balaban J connectivity index is 0.00000243. The molecule has 1 aromatic carbocycles. The van der Waals surface area contributed by atoms with Gasteiger partial charge in [-0.05, 0) is 18.1 Å². The number of aromatic nitrogens is 4. The molecule has 0 saturated heterocycles. The zero-order valence-corrected chi connectivity index (χ0v) is 17.1. The number of benzene rings is 1. The second kappa shape index (κ2) is 9.90. The summed E-state index contributed by atoms with van der Waals surface area (Å²) < 4.78 is 2.17. The Kier molecular flexibility index (Phi) is 7.87. The fourth-order valence-corrected chi connectivity index (χ4v) is 3.34. The van der Waals surface area contributed by atoms with Gasteiger partial charge >= 0.3 is 0 Å². The first-order valence-electron chi connectivity index (χ1n) is 8.68. The SMILES string of the molecule is CC(C)CSc1ncc(CNCCc2nc3ccccc3n2C)cn1.Cl. The molecule has 2 heterocycles. The van der Waals surface area contributed by atoms with Gasteiger partial charge in [0.15, 0.2) is 5.16 Å². The fraction of sp³-hybridized carbons (Fsp3) is 0.421. The predicted octanol–water partition coefficient (Wildman–Crippen LogP) is 3.87. The molecule has 0 aliphatic carbocycles. The Morgan fingerprint density at radius 1 is 1.15 bits per heavy atom. The van der Waals surface area contributed by atoms with Crippen LogP contribution >= 0.6 is 24.2 Å². The lowest BCUT2D eigenvalue weighted by Crippen LogP contribution is -2.18. The van der Waals surface area contributed by atoms with E-state index < -0.39 is 0 Å². The molecule has 0 unspecified atom stereocenters. The summed E-state index contributed by atoms with van der Waals surface area (Å²) in [6.07, 6.45) is 4.73. The largest absolute Gasteiger partial charge is 0.331 e. The zero-order valence-electron chi connectivity index (χ0n) is 15.5. The standard InChI is InChI=1S/C19H25N5S.ClH/c1-14(2)13-25-19-21-11-15(12-22-19)10-20-9-8-18-23-16-6-4-5-7-17(16)24(18)3;/h4-7,11-12,14,20H,8-10,13H2,1-3H3;1H. The van der Waals surface area contributed by atoms with Crippen LogP contribution in [0.2, 0.25) is 0 Å². The van der Waals surface area contributed by atoms with Crippen LogP contribution in [0.3, 0.4) is 0 Å². The van der Waals surface area contributed by atoms with E-state index in [0.29, 0.717) is 5.92 Å². The molecule has 0 radical (unpaired) electrons. The lowest BCUT2D eigenvalue weighted by atomic mass is 10.3. The number of halogens is 1. The second-order valence-electron chi connectivity index (χ2n) is 6.58. The van der Waals surface area contributed by atoms with Crippen LogP contribution in [-0.4, -0.2) is 31.8 Å². The maximum Gasteiger partial charge on any atom is 0.187 e. The number of nitrogens with zero attached hydrogens (tertiary/aromatic N) is 4. The summed E-state index contributed by atoms with van der Waals surface area (Å²) in [4.78, 5) is 13.6. The number of para-hydroxylation sites is 2. The van der Waals surface area contributed by atoms with Gasteiger partial charge < -0.3 is 9.88 Å². The Bertz CT molecular complexity index is 816. The van der Waals surface area contributed by atoms with Crippen LogP contribution in [0.1, 0.15) is 25.2 Å².